The summed E-state index contributed by atoms with van der Waals surface area (Å²) >= 11 is 0. The molecule has 4 aliphatic heterocycles. The molecule has 4 unspecified atom stereocenters. The zero-order chi connectivity index (χ0) is 37.6. The Bertz CT molecular complexity index is 686. The van der Waals surface area contributed by atoms with Crippen molar-refractivity contribution < 1.29 is 128 Å². The Morgan fingerprint density at radius 2 is 0.750 bits per heavy atom. The first-order valence-electron chi connectivity index (χ1n) is 16.2. The third kappa shape index (κ3) is 74.5. The molecule has 4 aliphatic rings. The molecule has 0 amide bonds. The second-order valence-corrected chi connectivity index (χ2v) is 10.7. The minimum absolute atomic E-state index is 0. The van der Waals surface area contributed by atoms with E-state index in [-0.39, 0.29) is 119 Å². The van der Waals surface area contributed by atoms with Gasteiger partial charge >= 0.3 is 68.3 Å². The fourth-order valence-corrected chi connectivity index (χ4v) is 3.77. The summed E-state index contributed by atoms with van der Waals surface area (Å²) in [5, 5.41) is 80.7. The van der Waals surface area contributed by atoms with Gasteiger partial charge in [0, 0.05) is 54.1 Å². The van der Waals surface area contributed by atoms with Gasteiger partial charge in [-0.15, -0.1) is 50.4 Å². The van der Waals surface area contributed by atoms with Crippen LogP contribution in [0.5, 0.6) is 0 Å². The number of rotatable bonds is 4. The van der Waals surface area contributed by atoms with Gasteiger partial charge < -0.3 is 62.1 Å². The number of nitrogens with zero attached hydrogens (tertiary/aromatic N) is 4. The third-order valence-electron chi connectivity index (χ3n) is 5.84. The van der Waals surface area contributed by atoms with Gasteiger partial charge in [0.2, 0.25) is 0 Å². The largest absolute Gasteiger partial charge is 1.00 e. The molecule has 4 atom stereocenters. The van der Waals surface area contributed by atoms with Gasteiger partial charge in [-0.05, 0) is 0 Å². The van der Waals surface area contributed by atoms with Gasteiger partial charge in [-0.25, -0.2) is 0 Å². The maximum atomic E-state index is 9.00. The van der Waals surface area contributed by atoms with Crippen molar-refractivity contribution in [1.82, 2.24) is 0 Å². The molecule has 0 bridgehead atoms. The van der Waals surface area contributed by atoms with Gasteiger partial charge in [-0.2, -0.15) is 0 Å². The molecule has 0 spiro atoms. The molecule has 3 saturated heterocycles. The molecule has 52 heavy (non-hydrogen) atoms. The maximum absolute atomic E-state index is 9.00. The molecular formula is C32H62Cu4N4O12. The Morgan fingerprint density at radius 3 is 0.865 bits per heavy atom. The molecule has 0 aromatic heterocycles. The van der Waals surface area contributed by atoms with Gasteiger partial charge in [0.1, 0.15) is 0 Å². The van der Waals surface area contributed by atoms with Crippen LogP contribution in [0.25, 0.3) is 21.3 Å². The molecule has 0 saturated carbocycles. The number of carboxylic acid groups (broad SMARTS) is 4. The van der Waals surface area contributed by atoms with E-state index in [9.17, 15) is 0 Å². The fraction of sp³-hybridized carbons (Fsp3) is 0.812. The predicted octanol–water partition coefficient (Wildman–Crippen LogP) is 3.75. The Labute approximate surface area is 352 Å². The van der Waals surface area contributed by atoms with Gasteiger partial charge in [0.05, 0.1) is 0 Å². The second kappa shape index (κ2) is 54.7. The fourth-order valence-electron chi connectivity index (χ4n) is 3.77. The van der Waals surface area contributed by atoms with Crippen molar-refractivity contribution in [3.05, 3.63) is 33.4 Å². The molecule has 16 nitrogen and oxygen atoms in total. The van der Waals surface area contributed by atoms with Crippen molar-refractivity contribution in [1.29, 1.82) is 0 Å². The predicted molar refractivity (Wildman–Crippen MR) is 185 cm³/mol. The first kappa shape index (κ1) is 69.3. The van der Waals surface area contributed by atoms with Gasteiger partial charge in [0.25, 0.3) is 23.9 Å². The summed E-state index contributed by atoms with van der Waals surface area (Å²) in [5.41, 5.74) is 0. The van der Waals surface area contributed by atoms with Crippen molar-refractivity contribution in [3.8, 4) is 0 Å². The van der Waals surface area contributed by atoms with Crippen molar-refractivity contribution in [3.63, 3.8) is 0 Å². The number of piperidine rings is 3. The first-order valence-corrected chi connectivity index (χ1v) is 16.2. The molecule has 4 heterocycles. The van der Waals surface area contributed by atoms with Crippen LogP contribution in [0.4, 0.5) is 0 Å². The SMILES string of the molecule is CC(=O)O.CC(=O)O.CC(=O)O.CC(=O)O.OCC1C=CCC[N-]1.OCC1CCCC[N-]1.OCC1CCCC[N-]1.OCC1CCCC[N-]1.[Cu+].[Cu+].[Cu+].[Cu+]. The molecule has 3 fully saturated rings. The smallest absolute Gasteiger partial charge is 0.658 e. The van der Waals surface area contributed by atoms with Crippen LogP contribution in [0.1, 0.15) is 91.9 Å². The zero-order valence-electron chi connectivity index (χ0n) is 30.4. The van der Waals surface area contributed by atoms with Crippen LogP contribution in [-0.2, 0) is 87.5 Å². The quantitative estimate of drug-likeness (QED) is 0.148. The maximum Gasteiger partial charge on any atom is 1.00 e. The number of carbonyl (C=O) groups is 4. The van der Waals surface area contributed by atoms with E-state index in [0.717, 1.165) is 79.6 Å². The van der Waals surface area contributed by atoms with Crippen molar-refractivity contribution >= 4 is 23.9 Å². The number of aliphatic hydroxyl groups is 4. The number of hydrogen-bond acceptors (Lipinski definition) is 8. The minimum atomic E-state index is -0.833. The Hall–Kier alpha value is -0.622. The van der Waals surface area contributed by atoms with Crippen molar-refractivity contribution in [2.45, 2.75) is 116 Å². The summed E-state index contributed by atoms with van der Waals surface area (Å²) in [7, 11) is 0. The van der Waals surface area contributed by atoms with E-state index >= 15 is 0 Å². The Kier molecular flexibility index (Phi) is 72.9. The van der Waals surface area contributed by atoms with Crippen LogP contribution in [0.2, 0.25) is 0 Å². The zero-order valence-corrected chi connectivity index (χ0v) is 34.2. The van der Waals surface area contributed by atoms with Crippen LogP contribution in [0.3, 0.4) is 0 Å². The average molecular weight is 949 g/mol. The van der Waals surface area contributed by atoms with E-state index in [1.54, 1.807) is 0 Å². The summed E-state index contributed by atoms with van der Waals surface area (Å²) < 4.78 is 0. The van der Waals surface area contributed by atoms with Gasteiger partial charge in [-0.1, -0.05) is 76.3 Å². The molecule has 20 heteroatoms. The summed E-state index contributed by atoms with van der Waals surface area (Å²) in [6.45, 7) is 9.01. The van der Waals surface area contributed by atoms with Crippen LogP contribution in [0.15, 0.2) is 12.2 Å². The molecule has 0 aliphatic carbocycles. The van der Waals surface area contributed by atoms with Crippen LogP contribution in [0, 0.1) is 0 Å². The van der Waals surface area contributed by atoms with Crippen LogP contribution < -0.4 is 0 Å². The summed E-state index contributed by atoms with van der Waals surface area (Å²) in [4.78, 5) is 36.0. The molecule has 4 rings (SSSR count). The average Bonchev–Trinajstić information content (AvgIpc) is 3.06. The number of aliphatic carboxylic acids is 4. The molecule has 0 aromatic carbocycles. The number of carboxylic acids is 4. The first-order chi connectivity index (χ1) is 22.7. The second-order valence-electron chi connectivity index (χ2n) is 10.7. The molecular weight excluding hydrogens is 887 g/mol. The standard InChI is InChI=1S/3C6H12NO.C6H10NO.4C2H4O2.4Cu/c4*8-5-6-3-1-2-4-7-6;4*1-2(3)4;;;;/h3*6,8H,1-5H2;1,3,6,8H,2,4-5H2;4*1H3,(H,3,4);;;;/q4*-1;;;;;4*+1. The van der Waals surface area contributed by atoms with E-state index in [4.69, 9.17) is 60.0 Å². The third-order valence-corrected chi connectivity index (χ3v) is 5.84. The number of hydrogen-bond donors (Lipinski definition) is 8. The van der Waals surface area contributed by atoms with Crippen molar-refractivity contribution in [2.75, 3.05) is 52.6 Å². The van der Waals surface area contributed by atoms with E-state index in [1.807, 2.05) is 6.08 Å². The van der Waals surface area contributed by atoms with E-state index in [0.29, 0.717) is 0 Å². The Balaban J connectivity index is -0.0000000717. The summed E-state index contributed by atoms with van der Waals surface area (Å²) in [6.07, 6.45) is 15.7. The van der Waals surface area contributed by atoms with Crippen molar-refractivity contribution in [2.24, 2.45) is 0 Å². The van der Waals surface area contributed by atoms with Gasteiger partial charge in [-0.3, -0.25) is 19.2 Å². The summed E-state index contributed by atoms with van der Waals surface area (Å²) in [6, 6.07) is 0.889. The number of aliphatic hydroxyl groups excluding tert-OH is 4. The topological polar surface area (TPSA) is 287 Å². The van der Waals surface area contributed by atoms with E-state index in [1.165, 1.54) is 38.5 Å². The minimum Gasteiger partial charge on any atom is -0.658 e. The van der Waals surface area contributed by atoms with Crippen LogP contribution >= 0.6 is 0 Å². The molecule has 326 valence electrons. The molecule has 0 radical (unpaired) electrons. The van der Waals surface area contributed by atoms with Gasteiger partial charge in [0.15, 0.2) is 0 Å². The molecule has 0 aromatic rings. The van der Waals surface area contributed by atoms with E-state index < -0.39 is 23.9 Å². The normalized spacial score (nSPS) is 20.3. The summed E-state index contributed by atoms with van der Waals surface area (Å²) in [5.74, 6) is -3.33. The molecule has 8 N–H and O–H groups in total. The Morgan fingerprint density at radius 1 is 0.481 bits per heavy atom. The van der Waals surface area contributed by atoms with E-state index in [2.05, 4.69) is 27.3 Å². The monoisotopic (exact) mass is 946 g/mol. The van der Waals surface area contributed by atoms with Crippen LogP contribution in [-0.4, -0.2) is 142 Å².